The Morgan fingerprint density at radius 2 is 1.89 bits per heavy atom. The molecule has 0 bridgehead atoms. The van der Waals surface area contributed by atoms with E-state index in [1.54, 1.807) is 0 Å². The van der Waals surface area contributed by atoms with Crippen LogP contribution in [0, 0.1) is 5.41 Å². The highest BCUT2D eigenvalue weighted by Gasteiger charge is 2.18. The highest BCUT2D eigenvalue weighted by atomic mass is 35.5. The third-order valence-electron chi connectivity index (χ3n) is 2.67. The lowest BCUT2D eigenvalue weighted by atomic mass is 9.93. The fraction of sp³-hybridized carbons (Fsp3) is 0.571. The Labute approximate surface area is 120 Å². The van der Waals surface area contributed by atoms with E-state index in [1.807, 2.05) is 18.2 Å². The molecular formula is C14H22Cl2N2. The van der Waals surface area contributed by atoms with Gasteiger partial charge in [0.25, 0.3) is 0 Å². The van der Waals surface area contributed by atoms with E-state index in [0.29, 0.717) is 0 Å². The molecule has 0 fully saturated rings. The second-order valence-electron chi connectivity index (χ2n) is 5.74. The molecule has 1 aromatic rings. The Hall–Kier alpha value is -0.280. The lowest BCUT2D eigenvalue weighted by Crippen LogP contribution is -2.37. The SMILES string of the molecule is CN(C)CC(C)(C)CNCc1cc(Cl)ccc1Cl. The molecule has 2 nitrogen and oxygen atoms in total. The summed E-state index contributed by atoms with van der Waals surface area (Å²) in [4.78, 5) is 2.20. The highest BCUT2D eigenvalue weighted by molar-refractivity contribution is 6.33. The van der Waals surface area contributed by atoms with Crippen LogP contribution in [-0.4, -0.2) is 32.1 Å². The first kappa shape index (κ1) is 15.8. The second-order valence-corrected chi connectivity index (χ2v) is 6.58. The number of halogens is 2. The van der Waals surface area contributed by atoms with Crippen molar-refractivity contribution in [2.24, 2.45) is 5.41 Å². The summed E-state index contributed by atoms with van der Waals surface area (Å²) in [6.07, 6.45) is 0. The van der Waals surface area contributed by atoms with Crippen molar-refractivity contribution >= 4 is 23.2 Å². The average Bonchev–Trinajstić information content (AvgIpc) is 2.21. The van der Waals surface area contributed by atoms with E-state index in [1.165, 1.54) is 0 Å². The van der Waals surface area contributed by atoms with Crippen molar-refractivity contribution in [1.29, 1.82) is 0 Å². The number of nitrogens with one attached hydrogen (secondary N) is 1. The number of benzene rings is 1. The molecule has 1 rings (SSSR count). The molecule has 0 unspecified atom stereocenters. The topological polar surface area (TPSA) is 15.3 Å². The summed E-state index contributed by atoms with van der Waals surface area (Å²) >= 11 is 12.1. The zero-order valence-corrected chi connectivity index (χ0v) is 13.1. The van der Waals surface area contributed by atoms with Crippen LogP contribution in [0.5, 0.6) is 0 Å². The molecule has 0 aliphatic rings. The van der Waals surface area contributed by atoms with Crippen LogP contribution in [0.15, 0.2) is 18.2 Å². The quantitative estimate of drug-likeness (QED) is 0.859. The van der Waals surface area contributed by atoms with Gasteiger partial charge in [0.1, 0.15) is 0 Å². The van der Waals surface area contributed by atoms with Gasteiger partial charge >= 0.3 is 0 Å². The standard InChI is InChI=1S/C14H22Cl2N2/c1-14(2,10-18(3)4)9-17-8-11-7-12(15)5-6-13(11)16/h5-7,17H,8-10H2,1-4H3. The van der Waals surface area contributed by atoms with E-state index < -0.39 is 0 Å². The van der Waals surface area contributed by atoms with Crippen LogP contribution in [0.1, 0.15) is 19.4 Å². The number of hydrogen-bond donors (Lipinski definition) is 1. The molecule has 0 atom stereocenters. The molecule has 0 radical (unpaired) electrons. The molecule has 1 N–H and O–H groups in total. The molecule has 0 saturated carbocycles. The maximum absolute atomic E-state index is 6.12. The maximum atomic E-state index is 6.12. The van der Waals surface area contributed by atoms with Crippen LogP contribution in [0.4, 0.5) is 0 Å². The molecule has 0 heterocycles. The fourth-order valence-electron chi connectivity index (χ4n) is 2.13. The summed E-state index contributed by atoms with van der Waals surface area (Å²) in [5, 5.41) is 4.93. The minimum Gasteiger partial charge on any atom is -0.312 e. The molecule has 0 aromatic heterocycles. The van der Waals surface area contributed by atoms with Gasteiger partial charge in [0.05, 0.1) is 0 Å². The van der Waals surface area contributed by atoms with Crippen molar-refractivity contribution in [3.8, 4) is 0 Å². The fourth-order valence-corrected chi connectivity index (χ4v) is 2.51. The van der Waals surface area contributed by atoms with Gasteiger partial charge in [-0.05, 0) is 43.3 Å². The van der Waals surface area contributed by atoms with Gasteiger partial charge in [0, 0.05) is 29.7 Å². The van der Waals surface area contributed by atoms with Crippen molar-refractivity contribution in [3.05, 3.63) is 33.8 Å². The van der Waals surface area contributed by atoms with Gasteiger partial charge in [-0.2, -0.15) is 0 Å². The molecule has 0 aliphatic heterocycles. The molecular weight excluding hydrogens is 267 g/mol. The molecule has 0 amide bonds. The molecule has 102 valence electrons. The van der Waals surface area contributed by atoms with Gasteiger partial charge in [-0.3, -0.25) is 0 Å². The normalized spacial score (nSPS) is 12.2. The summed E-state index contributed by atoms with van der Waals surface area (Å²) < 4.78 is 0. The van der Waals surface area contributed by atoms with Crippen LogP contribution in [0.2, 0.25) is 10.0 Å². The first-order chi connectivity index (χ1) is 8.30. The molecule has 1 aromatic carbocycles. The first-order valence-corrected chi connectivity index (χ1v) is 6.85. The minimum atomic E-state index is 0.231. The highest BCUT2D eigenvalue weighted by Crippen LogP contribution is 2.21. The van der Waals surface area contributed by atoms with E-state index in [0.717, 1.165) is 35.2 Å². The van der Waals surface area contributed by atoms with E-state index in [9.17, 15) is 0 Å². The zero-order chi connectivity index (χ0) is 13.8. The molecule has 0 spiro atoms. The number of rotatable bonds is 6. The Morgan fingerprint density at radius 3 is 2.50 bits per heavy atom. The Bertz CT molecular complexity index is 389. The van der Waals surface area contributed by atoms with Gasteiger partial charge in [-0.1, -0.05) is 37.0 Å². The first-order valence-electron chi connectivity index (χ1n) is 6.09. The summed E-state index contributed by atoms with van der Waals surface area (Å²) in [6, 6.07) is 5.56. The van der Waals surface area contributed by atoms with E-state index in [2.05, 4.69) is 38.2 Å². The summed E-state index contributed by atoms with van der Waals surface area (Å²) in [5.41, 5.74) is 1.28. The summed E-state index contributed by atoms with van der Waals surface area (Å²) in [7, 11) is 4.19. The minimum absolute atomic E-state index is 0.231. The summed E-state index contributed by atoms with van der Waals surface area (Å²) in [6.45, 7) is 7.23. The number of hydrogen-bond acceptors (Lipinski definition) is 2. The van der Waals surface area contributed by atoms with Gasteiger partial charge < -0.3 is 10.2 Å². The van der Waals surface area contributed by atoms with Gasteiger partial charge in [-0.25, -0.2) is 0 Å². The van der Waals surface area contributed by atoms with Crippen molar-refractivity contribution in [3.63, 3.8) is 0 Å². The van der Waals surface area contributed by atoms with Gasteiger partial charge in [-0.15, -0.1) is 0 Å². The Kier molecular flexibility index (Phi) is 5.93. The molecule has 18 heavy (non-hydrogen) atoms. The van der Waals surface area contributed by atoms with Crippen molar-refractivity contribution in [2.45, 2.75) is 20.4 Å². The largest absolute Gasteiger partial charge is 0.312 e. The van der Waals surface area contributed by atoms with Crippen LogP contribution < -0.4 is 5.32 Å². The predicted molar refractivity (Wildman–Crippen MR) is 80.5 cm³/mol. The number of nitrogens with zero attached hydrogens (tertiary/aromatic N) is 1. The summed E-state index contributed by atoms with van der Waals surface area (Å²) in [5.74, 6) is 0. The van der Waals surface area contributed by atoms with Crippen molar-refractivity contribution < 1.29 is 0 Å². The lowest BCUT2D eigenvalue weighted by molar-refractivity contribution is 0.232. The molecule has 0 saturated heterocycles. The predicted octanol–water partition coefficient (Wildman–Crippen LogP) is 3.67. The van der Waals surface area contributed by atoms with Crippen LogP contribution >= 0.6 is 23.2 Å². The third-order valence-corrected chi connectivity index (χ3v) is 3.27. The smallest absolute Gasteiger partial charge is 0.0451 e. The monoisotopic (exact) mass is 288 g/mol. The second kappa shape index (κ2) is 6.76. The Balaban J connectivity index is 2.48. The third kappa shape index (κ3) is 5.57. The van der Waals surface area contributed by atoms with E-state index >= 15 is 0 Å². The maximum Gasteiger partial charge on any atom is 0.0451 e. The van der Waals surface area contributed by atoms with Gasteiger partial charge in [0.2, 0.25) is 0 Å². The van der Waals surface area contributed by atoms with Crippen molar-refractivity contribution in [2.75, 3.05) is 27.2 Å². The zero-order valence-electron chi connectivity index (χ0n) is 11.6. The van der Waals surface area contributed by atoms with Crippen molar-refractivity contribution in [1.82, 2.24) is 10.2 Å². The van der Waals surface area contributed by atoms with Crippen LogP contribution in [-0.2, 0) is 6.54 Å². The van der Waals surface area contributed by atoms with E-state index in [-0.39, 0.29) is 5.41 Å². The van der Waals surface area contributed by atoms with Crippen LogP contribution in [0.25, 0.3) is 0 Å². The lowest BCUT2D eigenvalue weighted by Gasteiger charge is -2.28. The van der Waals surface area contributed by atoms with Crippen LogP contribution in [0.3, 0.4) is 0 Å². The van der Waals surface area contributed by atoms with E-state index in [4.69, 9.17) is 23.2 Å². The average molecular weight is 289 g/mol. The van der Waals surface area contributed by atoms with Gasteiger partial charge in [0.15, 0.2) is 0 Å². The molecule has 0 aliphatic carbocycles. The Morgan fingerprint density at radius 1 is 1.22 bits per heavy atom. The molecule has 4 heteroatoms.